The summed E-state index contributed by atoms with van der Waals surface area (Å²) in [6.07, 6.45) is 3.21. The first-order chi connectivity index (χ1) is 7.72. The van der Waals surface area contributed by atoms with Crippen molar-refractivity contribution < 1.29 is 0 Å². The van der Waals surface area contributed by atoms with Crippen LogP contribution in [0.15, 0.2) is 48.7 Å². The van der Waals surface area contributed by atoms with Gasteiger partial charge in [0, 0.05) is 17.9 Å². The van der Waals surface area contributed by atoms with Crippen molar-refractivity contribution in [3.05, 3.63) is 54.3 Å². The smallest absolute Gasteiger partial charge is 0.0443 e. The quantitative estimate of drug-likeness (QED) is 0.688. The standard InChI is InChI=1S/C15H19N/c1-4-12(2)11-16-13(3)9-10-14-7-5-6-8-15(14)16/h5-8H,2-4,9-11H2,1H3. The largest absolute Gasteiger partial charge is 0.341 e. The molecule has 0 amide bonds. The number of hydrogen-bond acceptors (Lipinski definition) is 1. The van der Waals surface area contributed by atoms with E-state index in [1.165, 1.54) is 22.5 Å². The van der Waals surface area contributed by atoms with Crippen molar-refractivity contribution in [2.75, 3.05) is 11.4 Å². The van der Waals surface area contributed by atoms with E-state index in [0.717, 1.165) is 25.8 Å². The topological polar surface area (TPSA) is 3.24 Å². The van der Waals surface area contributed by atoms with Gasteiger partial charge in [-0.1, -0.05) is 43.9 Å². The molecule has 0 radical (unpaired) electrons. The Bertz CT molecular complexity index is 417. The molecule has 1 nitrogen and oxygen atoms in total. The maximum Gasteiger partial charge on any atom is 0.0443 e. The van der Waals surface area contributed by atoms with Crippen molar-refractivity contribution in [3.8, 4) is 0 Å². The Labute approximate surface area is 98.1 Å². The van der Waals surface area contributed by atoms with E-state index in [-0.39, 0.29) is 0 Å². The van der Waals surface area contributed by atoms with Crippen LogP contribution in [0.1, 0.15) is 25.3 Å². The molecule has 0 atom stereocenters. The zero-order valence-corrected chi connectivity index (χ0v) is 10.00. The SMILES string of the molecule is C=C(CC)CN1C(=C)CCc2ccccc21. The maximum absolute atomic E-state index is 4.17. The van der Waals surface area contributed by atoms with E-state index < -0.39 is 0 Å². The monoisotopic (exact) mass is 213 g/mol. The summed E-state index contributed by atoms with van der Waals surface area (Å²) in [5.41, 5.74) is 5.22. The van der Waals surface area contributed by atoms with Gasteiger partial charge in [0.1, 0.15) is 0 Å². The number of nitrogens with zero attached hydrogens (tertiary/aromatic N) is 1. The molecule has 0 aromatic heterocycles. The third-order valence-electron chi connectivity index (χ3n) is 3.23. The predicted octanol–water partition coefficient (Wildman–Crippen LogP) is 3.92. The van der Waals surface area contributed by atoms with Crippen LogP contribution in [-0.4, -0.2) is 6.54 Å². The molecular weight excluding hydrogens is 194 g/mol. The van der Waals surface area contributed by atoms with Crippen LogP contribution in [0, 0.1) is 0 Å². The minimum Gasteiger partial charge on any atom is -0.341 e. The van der Waals surface area contributed by atoms with Gasteiger partial charge < -0.3 is 4.90 Å². The van der Waals surface area contributed by atoms with Crippen molar-refractivity contribution >= 4 is 5.69 Å². The molecular formula is C15H19N. The van der Waals surface area contributed by atoms with E-state index >= 15 is 0 Å². The Morgan fingerprint density at radius 3 is 2.81 bits per heavy atom. The summed E-state index contributed by atoms with van der Waals surface area (Å²) >= 11 is 0. The zero-order valence-electron chi connectivity index (χ0n) is 10.00. The van der Waals surface area contributed by atoms with Gasteiger partial charge in [-0.05, 0) is 30.9 Å². The first-order valence-corrected chi connectivity index (χ1v) is 5.92. The molecule has 16 heavy (non-hydrogen) atoms. The van der Waals surface area contributed by atoms with Crippen molar-refractivity contribution in [1.82, 2.24) is 0 Å². The summed E-state index contributed by atoms with van der Waals surface area (Å²) in [4.78, 5) is 2.31. The molecule has 1 aliphatic rings. The Morgan fingerprint density at radius 2 is 2.06 bits per heavy atom. The molecule has 1 heteroatoms. The summed E-state index contributed by atoms with van der Waals surface area (Å²) in [6, 6.07) is 8.60. The number of aryl methyl sites for hydroxylation is 1. The van der Waals surface area contributed by atoms with E-state index in [1.807, 2.05) is 0 Å². The lowest BCUT2D eigenvalue weighted by Gasteiger charge is -2.33. The number of rotatable bonds is 3. The number of para-hydroxylation sites is 1. The molecule has 2 rings (SSSR count). The summed E-state index contributed by atoms with van der Waals surface area (Å²) in [5, 5.41) is 0. The Hall–Kier alpha value is -1.50. The average Bonchev–Trinajstić information content (AvgIpc) is 2.32. The Kier molecular flexibility index (Phi) is 3.14. The van der Waals surface area contributed by atoms with Gasteiger partial charge in [-0.15, -0.1) is 0 Å². The maximum atomic E-state index is 4.17. The minimum atomic E-state index is 0.909. The summed E-state index contributed by atoms with van der Waals surface area (Å²) in [6.45, 7) is 11.3. The van der Waals surface area contributed by atoms with E-state index in [9.17, 15) is 0 Å². The van der Waals surface area contributed by atoms with E-state index in [0.29, 0.717) is 0 Å². The Morgan fingerprint density at radius 1 is 1.31 bits per heavy atom. The fourth-order valence-electron chi connectivity index (χ4n) is 2.10. The van der Waals surface area contributed by atoms with E-state index in [2.05, 4.69) is 49.2 Å². The van der Waals surface area contributed by atoms with Crippen LogP contribution >= 0.6 is 0 Å². The van der Waals surface area contributed by atoms with Crippen LogP contribution in [0.2, 0.25) is 0 Å². The van der Waals surface area contributed by atoms with Gasteiger partial charge in [-0.3, -0.25) is 0 Å². The van der Waals surface area contributed by atoms with Crippen molar-refractivity contribution in [2.45, 2.75) is 26.2 Å². The number of benzene rings is 1. The van der Waals surface area contributed by atoms with Crippen LogP contribution in [0.5, 0.6) is 0 Å². The van der Waals surface area contributed by atoms with Gasteiger partial charge in [0.15, 0.2) is 0 Å². The molecule has 1 aromatic rings. The van der Waals surface area contributed by atoms with Crippen LogP contribution in [0.4, 0.5) is 5.69 Å². The van der Waals surface area contributed by atoms with Crippen LogP contribution < -0.4 is 4.90 Å². The van der Waals surface area contributed by atoms with Crippen molar-refractivity contribution in [1.29, 1.82) is 0 Å². The number of allylic oxidation sites excluding steroid dienone is 1. The highest BCUT2D eigenvalue weighted by Gasteiger charge is 2.19. The first kappa shape index (κ1) is 11.0. The zero-order chi connectivity index (χ0) is 11.5. The number of anilines is 1. The lowest BCUT2D eigenvalue weighted by molar-refractivity contribution is 0.799. The third kappa shape index (κ3) is 2.04. The van der Waals surface area contributed by atoms with Crippen LogP contribution in [0.25, 0.3) is 0 Å². The lowest BCUT2D eigenvalue weighted by atomic mass is 9.99. The molecule has 0 N–H and O–H groups in total. The summed E-state index contributed by atoms with van der Waals surface area (Å²) in [5.74, 6) is 0. The lowest BCUT2D eigenvalue weighted by Crippen LogP contribution is -2.28. The highest BCUT2D eigenvalue weighted by Crippen LogP contribution is 2.32. The molecule has 0 saturated heterocycles. The third-order valence-corrected chi connectivity index (χ3v) is 3.23. The molecule has 0 fully saturated rings. The number of fused-ring (bicyclic) bond motifs is 1. The molecule has 1 heterocycles. The Balaban J connectivity index is 2.29. The van der Waals surface area contributed by atoms with Gasteiger partial charge in [0.2, 0.25) is 0 Å². The molecule has 0 aliphatic carbocycles. The summed E-state index contributed by atoms with van der Waals surface area (Å²) < 4.78 is 0. The summed E-state index contributed by atoms with van der Waals surface area (Å²) in [7, 11) is 0. The highest BCUT2D eigenvalue weighted by atomic mass is 15.1. The van der Waals surface area contributed by atoms with Gasteiger partial charge in [-0.25, -0.2) is 0 Å². The van der Waals surface area contributed by atoms with E-state index in [4.69, 9.17) is 0 Å². The molecule has 1 aromatic carbocycles. The second kappa shape index (κ2) is 4.56. The predicted molar refractivity (Wildman–Crippen MR) is 70.7 cm³/mol. The van der Waals surface area contributed by atoms with Gasteiger partial charge in [-0.2, -0.15) is 0 Å². The minimum absolute atomic E-state index is 0.909. The second-order valence-corrected chi connectivity index (χ2v) is 4.38. The fourth-order valence-corrected chi connectivity index (χ4v) is 2.10. The average molecular weight is 213 g/mol. The van der Waals surface area contributed by atoms with Gasteiger partial charge >= 0.3 is 0 Å². The van der Waals surface area contributed by atoms with E-state index in [1.54, 1.807) is 0 Å². The van der Waals surface area contributed by atoms with Crippen LogP contribution in [0.3, 0.4) is 0 Å². The molecule has 0 bridgehead atoms. The molecule has 0 unspecified atom stereocenters. The van der Waals surface area contributed by atoms with Crippen LogP contribution in [-0.2, 0) is 6.42 Å². The molecule has 0 saturated carbocycles. The van der Waals surface area contributed by atoms with Crippen molar-refractivity contribution in [3.63, 3.8) is 0 Å². The first-order valence-electron chi connectivity index (χ1n) is 5.92. The normalized spacial score (nSPS) is 14.8. The highest BCUT2D eigenvalue weighted by molar-refractivity contribution is 5.61. The van der Waals surface area contributed by atoms with Gasteiger partial charge in [0.05, 0.1) is 0 Å². The molecule has 0 spiro atoms. The van der Waals surface area contributed by atoms with Gasteiger partial charge in [0.25, 0.3) is 0 Å². The molecule has 84 valence electrons. The molecule has 1 aliphatic heterocycles. The number of hydrogen-bond donors (Lipinski definition) is 0. The van der Waals surface area contributed by atoms with Crippen molar-refractivity contribution in [2.24, 2.45) is 0 Å². The second-order valence-electron chi connectivity index (χ2n) is 4.38. The fraction of sp³-hybridized carbons (Fsp3) is 0.333.